The van der Waals surface area contributed by atoms with Crippen LogP contribution in [0.25, 0.3) is 0 Å². The highest BCUT2D eigenvalue weighted by Gasteiger charge is 2.20. The Morgan fingerprint density at radius 2 is 2.00 bits per heavy atom. The second kappa shape index (κ2) is 7.67. The van der Waals surface area contributed by atoms with E-state index in [1.807, 2.05) is 11.0 Å². The van der Waals surface area contributed by atoms with Crippen LogP contribution in [0.15, 0.2) is 24.3 Å². The van der Waals surface area contributed by atoms with E-state index in [4.69, 9.17) is 9.47 Å². The van der Waals surface area contributed by atoms with Gasteiger partial charge in [-0.25, -0.2) is 0 Å². The number of hydrogen-bond donors (Lipinski definition) is 0. The number of amides is 1. The zero-order chi connectivity index (χ0) is 14.4. The maximum absolute atomic E-state index is 12.2. The summed E-state index contributed by atoms with van der Waals surface area (Å²) in [5, 5.41) is 0. The normalized spacial score (nSPS) is 14.4. The molecular formula is C15H21NO3S. The SMILES string of the molecule is COC(CSCC(=O)N1CCc2ccccc2C1)OC. The Bertz CT molecular complexity index is 448. The van der Waals surface area contributed by atoms with Gasteiger partial charge in [0, 0.05) is 33.1 Å². The zero-order valence-corrected chi connectivity index (χ0v) is 12.8. The fraction of sp³-hybridized carbons (Fsp3) is 0.533. The Hall–Kier alpha value is -1.04. The third-order valence-corrected chi connectivity index (χ3v) is 4.45. The predicted molar refractivity (Wildman–Crippen MR) is 80.7 cm³/mol. The van der Waals surface area contributed by atoms with Gasteiger partial charge < -0.3 is 14.4 Å². The molecule has 0 aliphatic carbocycles. The molecule has 1 aliphatic rings. The van der Waals surface area contributed by atoms with E-state index in [2.05, 4.69) is 18.2 Å². The lowest BCUT2D eigenvalue weighted by Crippen LogP contribution is -2.37. The topological polar surface area (TPSA) is 38.8 Å². The van der Waals surface area contributed by atoms with Gasteiger partial charge in [0.05, 0.1) is 5.75 Å². The van der Waals surface area contributed by atoms with E-state index in [9.17, 15) is 4.79 Å². The summed E-state index contributed by atoms with van der Waals surface area (Å²) >= 11 is 1.55. The minimum atomic E-state index is -0.241. The highest BCUT2D eigenvalue weighted by molar-refractivity contribution is 7.99. The van der Waals surface area contributed by atoms with Crippen molar-refractivity contribution in [2.75, 3.05) is 32.3 Å². The second-order valence-corrected chi connectivity index (χ2v) is 5.78. The first-order chi connectivity index (χ1) is 9.74. The van der Waals surface area contributed by atoms with Gasteiger partial charge in [0.2, 0.25) is 5.91 Å². The van der Waals surface area contributed by atoms with E-state index in [1.54, 1.807) is 26.0 Å². The lowest BCUT2D eigenvalue weighted by molar-refractivity contribution is -0.129. The molecule has 1 heterocycles. The van der Waals surface area contributed by atoms with Crippen LogP contribution in [0.4, 0.5) is 0 Å². The molecule has 0 unspecified atom stereocenters. The number of thioether (sulfide) groups is 1. The van der Waals surface area contributed by atoms with Gasteiger partial charge in [0.25, 0.3) is 0 Å². The molecule has 4 nitrogen and oxygen atoms in total. The first kappa shape index (κ1) is 15.4. The molecule has 0 aromatic heterocycles. The molecule has 110 valence electrons. The van der Waals surface area contributed by atoms with Crippen LogP contribution in [-0.4, -0.2) is 49.4 Å². The van der Waals surface area contributed by atoms with Crippen molar-refractivity contribution in [2.45, 2.75) is 19.3 Å². The van der Waals surface area contributed by atoms with Crippen LogP contribution in [0.3, 0.4) is 0 Å². The van der Waals surface area contributed by atoms with E-state index < -0.39 is 0 Å². The van der Waals surface area contributed by atoms with Crippen LogP contribution in [-0.2, 0) is 27.2 Å². The quantitative estimate of drug-likeness (QED) is 0.752. The lowest BCUT2D eigenvalue weighted by Gasteiger charge is -2.29. The van der Waals surface area contributed by atoms with E-state index >= 15 is 0 Å². The number of fused-ring (bicyclic) bond motifs is 1. The van der Waals surface area contributed by atoms with Gasteiger partial charge in [0.15, 0.2) is 6.29 Å². The Morgan fingerprint density at radius 3 is 2.70 bits per heavy atom. The van der Waals surface area contributed by atoms with Crippen molar-refractivity contribution in [1.82, 2.24) is 4.90 Å². The largest absolute Gasteiger partial charge is 0.355 e. The number of carbonyl (C=O) groups is 1. The molecule has 1 aliphatic heterocycles. The number of benzene rings is 1. The average molecular weight is 295 g/mol. The highest BCUT2D eigenvalue weighted by Crippen LogP contribution is 2.19. The summed E-state index contributed by atoms with van der Waals surface area (Å²) in [6, 6.07) is 8.34. The highest BCUT2D eigenvalue weighted by atomic mass is 32.2. The molecule has 0 atom stereocenters. The molecule has 1 aromatic carbocycles. The standard InChI is InChI=1S/C15H21NO3S/c1-18-15(19-2)11-20-10-14(17)16-8-7-12-5-3-4-6-13(12)9-16/h3-6,15H,7-11H2,1-2H3. The predicted octanol–water partition coefficient (Wildman–Crippen LogP) is 1.92. The number of methoxy groups -OCH3 is 2. The van der Waals surface area contributed by atoms with Gasteiger partial charge in [-0.05, 0) is 17.5 Å². The number of ether oxygens (including phenoxy) is 2. The molecule has 5 heteroatoms. The van der Waals surface area contributed by atoms with Crippen LogP contribution in [0, 0.1) is 0 Å². The van der Waals surface area contributed by atoms with Gasteiger partial charge in [-0.15, -0.1) is 11.8 Å². The van der Waals surface area contributed by atoms with Crippen molar-refractivity contribution in [3.05, 3.63) is 35.4 Å². The molecule has 0 bridgehead atoms. The van der Waals surface area contributed by atoms with Gasteiger partial charge in [-0.2, -0.15) is 0 Å². The summed E-state index contributed by atoms with van der Waals surface area (Å²) < 4.78 is 10.2. The molecule has 0 spiro atoms. The number of rotatable bonds is 6. The summed E-state index contributed by atoms with van der Waals surface area (Å²) in [7, 11) is 3.22. The Labute approximate surface area is 124 Å². The minimum Gasteiger partial charge on any atom is -0.355 e. The molecule has 1 amide bonds. The van der Waals surface area contributed by atoms with Crippen molar-refractivity contribution in [3.8, 4) is 0 Å². The van der Waals surface area contributed by atoms with Crippen molar-refractivity contribution in [3.63, 3.8) is 0 Å². The van der Waals surface area contributed by atoms with Crippen molar-refractivity contribution < 1.29 is 14.3 Å². The molecule has 0 fully saturated rings. The average Bonchev–Trinajstić information content (AvgIpc) is 2.51. The van der Waals surface area contributed by atoms with E-state index in [0.29, 0.717) is 11.5 Å². The first-order valence-electron chi connectivity index (χ1n) is 6.72. The van der Waals surface area contributed by atoms with Crippen LogP contribution < -0.4 is 0 Å². The Balaban J connectivity index is 1.80. The van der Waals surface area contributed by atoms with Crippen molar-refractivity contribution in [1.29, 1.82) is 0 Å². The zero-order valence-electron chi connectivity index (χ0n) is 12.0. The Morgan fingerprint density at radius 1 is 1.30 bits per heavy atom. The van der Waals surface area contributed by atoms with Crippen LogP contribution in [0.5, 0.6) is 0 Å². The summed E-state index contributed by atoms with van der Waals surface area (Å²) in [6.45, 7) is 1.54. The Kier molecular flexibility index (Phi) is 5.88. The van der Waals surface area contributed by atoms with E-state index in [0.717, 1.165) is 19.5 Å². The maximum atomic E-state index is 12.2. The molecule has 20 heavy (non-hydrogen) atoms. The summed E-state index contributed by atoms with van der Waals surface area (Å²) in [5.41, 5.74) is 2.63. The summed E-state index contributed by atoms with van der Waals surface area (Å²) in [6.07, 6.45) is 0.709. The monoisotopic (exact) mass is 295 g/mol. The molecule has 0 N–H and O–H groups in total. The number of hydrogen-bond acceptors (Lipinski definition) is 4. The molecule has 0 saturated heterocycles. The molecule has 0 radical (unpaired) electrons. The second-order valence-electron chi connectivity index (χ2n) is 4.75. The van der Waals surface area contributed by atoms with Gasteiger partial charge in [0.1, 0.15) is 0 Å². The third kappa shape index (κ3) is 3.98. The summed E-state index contributed by atoms with van der Waals surface area (Å²) in [4.78, 5) is 14.1. The van der Waals surface area contributed by atoms with Gasteiger partial charge in [-0.3, -0.25) is 4.79 Å². The fourth-order valence-corrected chi connectivity index (χ4v) is 3.21. The lowest BCUT2D eigenvalue weighted by atomic mass is 10.00. The summed E-state index contributed by atoms with van der Waals surface area (Å²) in [5.74, 6) is 1.34. The molecule has 0 saturated carbocycles. The van der Waals surface area contributed by atoms with E-state index in [1.165, 1.54) is 11.1 Å². The van der Waals surface area contributed by atoms with Crippen molar-refractivity contribution >= 4 is 17.7 Å². The molecular weight excluding hydrogens is 274 g/mol. The van der Waals surface area contributed by atoms with E-state index in [-0.39, 0.29) is 12.2 Å². The van der Waals surface area contributed by atoms with Gasteiger partial charge in [-0.1, -0.05) is 24.3 Å². The smallest absolute Gasteiger partial charge is 0.232 e. The van der Waals surface area contributed by atoms with Crippen molar-refractivity contribution in [2.24, 2.45) is 0 Å². The molecule has 2 rings (SSSR count). The maximum Gasteiger partial charge on any atom is 0.232 e. The van der Waals surface area contributed by atoms with Gasteiger partial charge >= 0.3 is 0 Å². The minimum absolute atomic E-state index is 0.190. The first-order valence-corrected chi connectivity index (χ1v) is 7.88. The number of carbonyl (C=O) groups excluding carboxylic acids is 1. The van der Waals surface area contributed by atoms with Crippen LogP contribution in [0.1, 0.15) is 11.1 Å². The van der Waals surface area contributed by atoms with Crippen LogP contribution in [0.2, 0.25) is 0 Å². The van der Waals surface area contributed by atoms with Crippen LogP contribution >= 0.6 is 11.8 Å². The molecule has 1 aromatic rings. The fourth-order valence-electron chi connectivity index (χ4n) is 2.27. The third-order valence-electron chi connectivity index (χ3n) is 3.49. The number of nitrogens with zero attached hydrogens (tertiary/aromatic N) is 1.